The maximum atomic E-state index is 9.13. The Morgan fingerprint density at radius 3 is 2.74 bits per heavy atom. The van der Waals surface area contributed by atoms with Gasteiger partial charge in [-0.1, -0.05) is 23.8 Å². The van der Waals surface area contributed by atoms with Crippen molar-refractivity contribution in [3.8, 4) is 0 Å². The van der Waals surface area contributed by atoms with E-state index in [0.717, 1.165) is 22.0 Å². The molecule has 98 valence electrons. The highest BCUT2D eigenvalue weighted by molar-refractivity contribution is 7.13. The lowest BCUT2D eigenvalue weighted by Gasteiger charge is -2.04. The summed E-state index contributed by atoms with van der Waals surface area (Å²) in [4.78, 5) is 4.22. The van der Waals surface area contributed by atoms with Gasteiger partial charge in [0.1, 0.15) is 0 Å². The fourth-order valence-corrected chi connectivity index (χ4v) is 2.27. The van der Waals surface area contributed by atoms with Crippen LogP contribution in [0, 0.1) is 13.8 Å². The molecular weight excluding hydrogens is 261 g/mol. The Balaban J connectivity index is 2.05. The van der Waals surface area contributed by atoms with E-state index >= 15 is 0 Å². The van der Waals surface area contributed by atoms with Crippen molar-refractivity contribution in [2.24, 2.45) is 5.10 Å². The normalized spacial score (nSPS) is 10.9. The van der Waals surface area contributed by atoms with Crippen LogP contribution in [0.3, 0.4) is 0 Å². The monoisotopic (exact) mass is 275 g/mol. The molecule has 0 saturated carbocycles. The Labute approximate surface area is 115 Å². The largest absolute Gasteiger partial charge is 0.488 e. The van der Waals surface area contributed by atoms with Crippen LogP contribution in [0.4, 0.5) is 5.13 Å². The second-order valence-corrected chi connectivity index (χ2v) is 5.01. The molecule has 2 rings (SSSR count). The van der Waals surface area contributed by atoms with E-state index in [2.05, 4.69) is 15.5 Å². The van der Waals surface area contributed by atoms with E-state index in [4.69, 9.17) is 10.0 Å². The predicted molar refractivity (Wildman–Crippen MR) is 79.1 cm³/mol. The molecule has 0 fully saturated rings. The van der Waals surface area contributed by atoms with Crippen LogP contribution in [-0.4, -0.2) is 28.4 Å². The molecule has 0 aliphatic carbocycles. The van der Waals surface area contributed by atoms with Gasteiger partial charge in [0, 0.05) is 5.38 Å². The van der Waals surface area contributed by atoms with Gasteiger partial charge in [0.15, 0.2) is 0 Å². The molecule has 0 spiro atoms. The number of anilines is 1. The van der Waals surface area contributed by atoms with Crippen molar-refractivity contribution in [1.29, 1.82) is 0 Å². The lowest BCUT2D eigenvalue weighted by molar-refractivity contribution is 0.425. The van der Waals surface area contributed by atoms with Gasteiger partial charge in [0.2, 0.25) is 5.13 Å². The SMILES string of the molecule is Cc1csc(NN=Cc2ccc(B(O)O)c(C)c2)n1. The highest BCUT2D eigenvalue weighted by Crippen LogP contribution is 2.13. The predicted octanol–water partition coefficient (Wildman–Crippen LogP) is 0.886. The van der Waals surface area contributed by atoms with Crippen LogP contribution in [0.2, 0.25) is 0 Å². The molecule has 3 N–H and O–H groups in total. The quantitative estimate of drug-likeness (QED) is 0.440. The molecule has 0 aliphatic heterocycles. The molecule has 0 bridgehead atoms. The molecule has 0 radical (unpaired) electrons. The molecule has 0 aliphatic rings. The molecule has 0 atom stereocenters. The topological polar surface area (TPSA) is 77.7 Å². The number of aromatic nitrogens is 1. The second-order valence-electron chi connectivity index (χ2n) is 4.15. The summed E-state index contributed by atoms with van der Waals surface area (Å²) in [5.74, 6) is 0. The van der Waals surface area contributed by atoms with Crippen LogP contribution in [0.1, 0.15) is 16.8 Å². The summed E-state index contributed by atoms with van der Waals surface area (Å²) in [5, 5.41) is 25.0. The number of nitrogens with zero attached hydrogens (tertiary/aromatic N) is 2. The Kier molecular flexibility index (Phi) is 4.31. The third-order valence-electron chi connectivity index (χ3n) is 2.56. The minimum atomic E-state index is -1.44. The van der Waals surface area contributed by atoms with Crippen LogP contribution in [0.5, 0.6) is 0 Å². The molecule has 1 aromatic heterocycles. The average molecular weight is 275 g/mol. The third kappa shape index (κ3) is 3.63. The molecule has 1 heterocycles. The van der Waals surface area contributed by atoms with Crippen LogP contribution < -0.4 is 10.9 Å². The van der Waals surface area contributed by atoms with E-state index in [1.165, 1.54) is 11.3 Å². The number of hydrazone groups is 1. The molecule has 5 nitrogen and oxygen atoms in total. The van der Waals surface area contributed by atoms with Gasteiger partial charge in [-0.2, -0.15) is 5.10 Å². The Morgan fingerprint density at radius 1 is 1.37 bits per heavy atom. The van der Waals surface area contributed by atoms with Crippen molar-refractivity contribution in [3.05, 3.63) is 40.4 Å². The fraction of sp³-hybridized carbons (Fsp3) is 0.167. The van der Waals surface area contributed by atoms with Crippen molar-refractivity contribution < 1.29 is 10.0 Å². The van der Waals surface area contributed by atoms with Crippen LogP contribution in [0.25, 0.3) is 0 Å². The summed E-state index contributed by atoms with van der Waals surface area (Å²) in [6.07, 6.45) is 1.66. The van der Waals surface area contributed by atoms with Crippen LogP contribution in [0.15, 0.2) is 28.7 Å². The number of benzene rings is 1. The van der Waals surface area contributed by atoms with Gasteiger partial charge in [-0.15, -0.1) is 11.3 Å². The maximum absolute atomic E-state index is 9.13. The molecular formula is C12H14BN3O2S. The van der Waals surface area contributed by atoms with Gasteiger partial charge in [0.05, 0.1) is 11.9 Å². The standard InChI is InChI=1S/C12H14BN3O2S/c1-8-5-10(3-4-11(8)13(17)18)6-14-16-12-15-9(2)7-19-12/h3-7,17-18H,1-2H3,(H,15,16). The molecule has 1 aromatic carbocycles. The zero-order valence-electron chi connectivity index (χ0n) is 10.7. The maximum Gasteiger partial charge on any atom is 0.488 e. The summed E-state index contributed by atoms with van der Waals surface area (Å²) < 4.78 is 0. The van der Waals surface area contributed by atoms with Crippen LogP contribution in [-0.2, 0) is 0 Å². The Hall–Kier alpha value is -1.70. The van der Waals surface area contributed by atoms with E-state index in [1.807, 2.05) is 25.3 Å². The van der Waals surface area contributed by atoms with Crippen molar-refractivity contribution in [2.75, 3.05) is 5.43 Å². The van der Waals surface area contributed by atoms with Gasteiger partial charge in [-0.05, 0) is 24.9 Å². The highest BCUT2D eigenvalue weighted by atomic mass is 32.1. The van der Waals surface area contributed by atoms with Crippen molar-refractivity contribution in [2.45, 2.75) is 13.8 Å². The summed E-state index contributed by atoms with van der Waals surface area (Å²) in [7, 11) is -1.44. The molecule has 0 unspecified atom stereocenters. The number of aryl methyl sites for hydroxylation is 2. The summed E-state index contributed by atoms with van der Waals surface area (Å²) in [6.45, 7) is 3.75. The smallest absolute Gasteiger partial charge is 0.423 e. The van der Waals surface area contributed by atoms with Crippen molar-refractivity contribution in [3.63, 3.8) is 0 Å². The minimum absolute atomic E-state index is 0.501. The zero-order chi connectivity index (χ0) is 13.8. The van der Waals surface area contributed by atoms with E-state index in [1.54, 1.807) is 18.3 Å². The summed E-state index contributed by atoms with van der Waals surface area (Å²) in [5.41, 5.74) is 5.99. The first-order chi connectivity index (χ1) is 9.06. The van der Waals surface area contributed by atoms with Gasteiger partial charge >= 0.3 is 7.12 Å². The van der Waals surface area contributed by atoms with E-state index in [-0.39, 0.29) is 0 Å². The third-order valence-corrected chi connectivity index (χ3v) is 3.43. The molecule has 0 saturated heterocycles. The highest BCUT2D eigenvalue weighted by Gasteiger charge is 2.13. The first kappa shape index (κ1) is 13.7. The summed E-state index contributed by atoms with van der Waals surface area (Å²) in [6, 6.07) is 5.29. The van der Waals surface area contributed by atoms with Crippen molar-refractivity contribution >= 4 is 35.3 Å². The molecule has 2 aromatic rings. The zero-order valence-corrected chi connectivity index (χ0v) is 11.5. The molecule has 19 heavy (non-hydrogen) atoms. The van der Waals surface area contributed by atoms with Crippen LogP contribution >= 0.6 is 11.3 Å². The van der Waals surface area contributed by atoms with Gasteiger partial charge in [0.25, 0.3) is 0 Å². The molecule has 0 amide bonds. The summed E-state index contributed by atoms with van der Waals surface area (Å²) >= 11 is 1.49. The Bertz CT molecular complexity index is 598. The second kappa shape index (κ2) is 5.96. The fourth-order valence-electron chi connectivity index (χ4n) is 1.64. The van der Waals surface area contributed by atoms with Crippen molar-refractivity contribution in [1.82, 2.24) is 4.98 Å². The number of hydrogen-bond donors (Lipinski definition) is 3. The first-order valence-electron chi connectivity index (χ1n) is 5.74. The number of rotatable bonds is 4. The van der Waals surface area contributed by atoms with E-state index in [0.29, 0.717) is 5.46 Å². The van der Waals surface area contributed by atoms with Gasteiger partial charge in [-0.3, -0.25) is 5.43 Å². The van der Waals surface area contributed by atoms with E-state index < -0.39 is 7.12 Å². The number of thiazole rings is 1. The van der Waals surface area contributed by atoms with E-state index in [9.17, 15) is 0 Å². The first-order valence-corrected chi connectivity index (χ1v) is 6.62. The minimum Gasteiger partial charge on any atom is -0.423 e. The molecule has 7 heteroatoms. The average Bonchev–Trinajstić information content (AvgIpc) is 2.75. The van der Waals surface area contributed by atoms with Gasteiger partial charge in [-0.25, -0.2) is 4.98 Å². The number of nitrogens with one attached hydrogen (secondary N) is 1. The lowest BCUT2D eigenvalue weighted by atomic mass is 9.77. The lowest BCUT2D eigenvalue weighted by Crippen LogP contribution is -2.32. The van der Waals surface area contributed by atoms with Gasteiger partial charge < -0.3 is 10.0 Å². The Morgan fingerprint density at radius 2 is 2.16 bits per heavy atom. The number of hydrogen-bond acceptors (Lipinski definition) is 6.